The average Bonchev–Trinajstić information content (AvgIpc) is 0.776. The molecule has 8 amide bonds. The van der Waals surface area contributed by atoms with E-state index < -0.39 is 343 Å². The van der Waals surface area contributed by atoms with Gasteiger partial charge in [0.15, 0.2) is 86.9 Å². The van der Waals surface area contributed by atoms with Gasteiger partial charge in [-0.25, -0.2) is 95.2 Å². The first kappa shape index (κ1) is 102. The van der Waals surface area contributed by atoms with Crippen molar-refractivity contribution >= 4 is 71.1 Å². The third-order valence-corrected chi connectivity index (χ3v) is 24.0. The van der Waals surface area contributed by atoms with Gasteiger partial charge < -0.3 is 91.7 Å². The number of esters is 4. The third-order valence-electron chi connectivity index (χ3n) is 24.0. The van der Waals surface area contributed by atoms with Crippen LogP contribution in [0.25, 0.3) is 0 Å². The number of cyclic esters (lactones) is 4. The summed E-state index contributed by atoms with van der Waals surface area (Å²) >= 11 is 0. The largest absolute Gasteiger partial charge is 0.505 e. The number of halogens is 15. The number of benzene rings is 3. The fourth-order valence-electron chi connectivity index (χ4n) is 15.3. The Morgan fingerprint density at radius 3 is 0.977 bits per heavy atom. The molecule has 0 spiro atoms. The lowest BCUT2D eigenvalue weighted by Gasteiger charge is -2.41. The summed E-state index contributed by atoms with van der Waals surface area (Å²) in [4.78, 5) is 171. The van der Waals surface area contributed by atoms with Gasteiger partial charge in [0.2, 0.25) is 53.1 Å². The van der Waals surface area contributed by atoms with Crippen LogP contribution in [-0.2, 0) is 81.4 Å². The van der Waals surface area contributed by atoms with Gasteiger partial charge in [-0.05, 0) is 114 Å². The van der Waals surface area contributed by atoms with Crippen LogP contribution in [0.2, 0.25) is 0 Å². The second-order valence-electron chi connectivity index (χ2n) is 32.6. The number of aliphatic hydroxyl groups is 3. The fraction of sp³-hybridized carbons (Fsp3) is 0.471. The van der Waals surface area contributed by atoms with Crippen LogP contribution >= 0.6 is 0 Å². The highest BCUT2D eigenvalue weighted by molar-refractivity contribution is 6.01. The summed E-state index contributed by atoms with van der Waals surface area (Å²) in [6.45, 7) is 7.09. The monoisotopic (exact) mass is 1900 g/mol. The zero-order chi connectivity index (χ0) is 98.2. The number of likely N-dealkylation sites (N-methyl/N-ethyl adjacent to an activating group) is 1. The summed E-state index contributed by atoms with van der Waals surface area (Å²) in [6, 6.07) is -6.11. The molecule has 720 valence electrons. The van der Waals surface area contributed by atoms with Crippen molar-refractivity contribution in [1.82, 2.24) is 57.1 Å². The summed E-state index contributed by atoms with van der Waals surface area (Å²) < 4.78 is 235. The third kappa shape index (κ3) is 22.3. The molecule has 18 atom stereocenters. The Balaban J connectivity index is 0.000000207. The highest BCUT2D eigenvalue weighted by atomic mass is 19.2. The lowest BCUT2D eigenvalue weighted by Crippen LogP contribution is -2.61. The van der Waals surface area contributed by atoms with E-state index in [9.17, 15) is 154 Å². The van der Waals surface area contributed by atoms with Crippen molar-refractivity contribution in [1.29, 1.82) is 0 Å². The molecule has 13 N–H and O–H groups in total. The average molecular weight is 1900 g/mol. The molecule has 3 aromatic carbocycles. The predicted molar refractivity (Wildman–Crippen MR) is 420 cm³/mol. The number of amides is 8. The van der Waals surface area contributed by atoms with E-state index in [2.05, 4.69) is 52.2 Å². The molecule has 133 heavy (non-hydrogen) atoms. The van der Waals surface area contributed by atoms with Crippen molar-refractivity contribution in [2.45, 2.75) is 210 Å². The highest BCUT2D eigenvalue weighted by Gasteiger charge is 2.50. The molecule has 3 saturated carbocycles. The number of aromatic hydroxyl groups is 3. The summed E-state index contributed by atoms with van der Waals surface area (Å²) in [5, 5.41) is 79.4. The molecule has 3 aromatic heterocycles. The van der Waals surface area contributed by atoms with Crippen LogP contribution in [0.1, 0.15) is 147 Å². The van der Waals surface area contributed by atoms with Gasteiger partial charge in [0.1, 0.15) is 65.8 Å². The van der Waals surface area contributed by atoms with Gasteiger partial charge in [0.05, 0.1) is 54.2 Å². The molecule has 12 rings (SSSR count). The van der Waals surface area contributed by atoms with E-state index in [0.717, 1.165) is 49.1 Å². The Hall–Kier alpha value is -13.0. The van der Waals surface area contributed by atoms with Crippen LogP contribution in [0.5, 0.6) is 17.2 Å². The van der Waals surface area contributed by atoms with Gasteiger partial charge in [0, 0.05) is 67.5 Å². The lowest BCUT2D eigenvalue weighted by atomic mass is 9.78. The SMILES string of the molecule is C[C@H]1OC(=O)C(C2CCC2)N(C)C(=O)[C@H](C)[C@H](O)[C@H](Cc2c(F)c(F)c(F)c(F)c2F)NC(=O)[C@H]1NC(=O)c1ncccc1O.C[C@H]1OC(=O)C(C2CCC2)NC(=O)[C@H](C)[C@H](O)[C@H](Cc2c(F)c(F)c(F)c(F)c2F)NC(=O)[C@H]1NC(=O)c1ncccc1O.C[C@H]1OC(=O)C(C2CCC2)OC(=O)[C@H](C)[C@H](O)[C@H](Cc2c(F)c(F)c(F)c(F)c2F)NC(=O)[C@H]1NC(=O)c1ncccc1O. The number of carbonyl (C=O) groups is 12. The van der Waals surface area contributed by atoms with Crippen molar-refractivity contribution in [2.75, 3.05) is 7.05 Å². The molecule has 0 bridgehead atoms. The van der Waals surface area contributed by atoms with E-state index >= 15 is 0 Å². The van der Waals surface area contributed by atoms with Crippen LogP contribution < -0.4 is 37.2 Å². The zero-order valence-electron chi connectivity index (χ0n) is 71.0. The summed E-state index contributed by atoms with van der Waals surface area (Å²) in [7, 11) is 1.28. The molecule has 0 radical (unpaired) electrons. The smallest absolute Gasteiger partial charge is 0.348 e. The number of aliphatic hydroxyl groups excluding tert-OH is 3. The molecule has 3 aliphatic carbocycles. The molecule has 48 heteroatoms. The van der Waals surface area contributed by atoms with Gasteiger partial charge in [-0.3, -0.25) is 43.2 Å². The molecule has 6 fully saturated rings. The first-order chi connectivity index (χ1) is 62.6. The summed E-state index contributed by atoms with van der Waals surface area (Å²) in [5.74, 6) is -54.4. The summed E-state index contributed by atoms with van der Waals surface area (Å²) in [5.41, 5.74) is -5.71. The molecule has 3 saturated heterocycles. The number of rotatable bonds is 15. The maximum absolute atomic E-state index is 14.7. The molecule has 3 aliphatic heterocycles. The maximum atomic E-state index is 14.7. The van der Waals surface area contributed by atoms with Crippen LogP contribution in [0.15, 0.2) is 55.0 Å². The Morgan fingerprint density at radius 2 is 0.669 bits per heavy atom. The van der Waals surface area contributed by atoms with Crippen LogP contribution in [-0.4, -0.2) is 220 Å². The van der Waals surface area contributed by atoms with Gasteiger partial charge in [-0.2, -0.15) is 0 Å². The number of nitrogens with zero attached hydrogens (tertiary/aromatic N) is 4. The molecular weight excluding hydrogens is 1810 g/mol. The van der Waals surface area contributed by atoms with E-state index in [1.165, 1.54) is 72.3 Å². The number of pyridine rings is 3. The molecule has 6 heterocycles. The minimum atomic E-state index is -2.43. The quantitative estimate of drug-likeness (QED) is 0.0202. The zero-order valence-corrected chi connectivity index (χ0v) is 71.0. The van der Waals surface area contributed by atoms with Crippen molar-refractivity contribution in [2.24, 2.45) is 35.5 Å². The topological polar surface area (TPSA) is 489 Å². The van der Waals surface area contributed by atoms with Crippen LogP contribution in [0.4, 0.5) is 65.9 Å². The van der Waals surface area contributed by atoms with E-state index in [1.54, 1.807) is 0 Å². The van der Waals surface area contributed by atoms with Crippen molar-refractivity contribution < 1.29 is 173 Å². The van der Waals surface area contributed by atoms with E-state index in [-0.39, 0.29) is 11.8 Å². The second-order valence-corrected chi connectivity index (χ2v) is 32.6. The number of ether oxygens (including phenoxy) is 4. The fourth-order valence-corrected chi connectivity index (χ4v) is 15.3. The standard InChI is InChI=1S/C29H31F5N4O7.C28H29F5N4O7.C28H28F5N3O8/c1-11-25(40)15(10-14-17(30)19(32)21(34)20(33)18(14)31)36-26(41)22(37-27(42)23-16(39)8-5-9-35-23)12(2)45-29(44)24(13-6-4-7-13)38(3)28(11)43;1-10-24(39)14(9-13-16(29)18(31)20(33)19(32)17(13)30)35-26(41)21(36-27(42)23-15(38)7-4-8-34-23)11(2)44-28(43)22(37-25(10)40)12-5-3-6-12;1-10-23(38)14(9-13-16(29)18(31)20(33)19(32)17(13)30)35-25(39)21(36-26(40)22-15(37)7-4-8-34-22)11(2)43-28(42)24(44-27(10)41)12-5-3-6-12/h5,8-9,11-13,15,22,24-25,39-40H,4,6-7,10H2,1-3H3,(H,36,41)(H,37,42);4,7-8,10-12,14,21-22,24,38-39H,3,5-6,9H2,1-2H3,(H,35,41)(H,36,42)(H,37,40);4,7-8,10-12,14,21,23-24,37-38H,3,5-6,9H2,1-2H3,(H,35,39)(H,36,40)/t11-,12-,15+,22+,24?,25+;10-,11-,14+,21+,22?,24+;10-,11-,14+,21+,23+,24?/m111/s1. The molecule has 33 nitrogen and oxygen atoms in total. The number of hydrogen-bond donors (Lipinski definition) is 13. The van der Waals surface area contributed by atoms with E-state index in [1.807, 2.05) is 0 Å². The highest BCUT2D eigenvalue weighted by Crippen LogP contribution is 2.38. The van der Waals surface area contributed by atoms with Crippen LogP contribution in [0.3, 0.4) is 0 Å². The molecule has 6 aliphatic rings. The first-order valence-corrected chi connectivity index (χ1v) is 41.3. The minimum Gasteiger partial charge on any atom is -0.505 e. The summed E-state index contributed by atoms with van der Waals surface area (Å²) in [6.07, 6.45) is -6.78. The Bertz CT molecular complexity index is 5190. The van der Waals surface area contributed by atoms with Gasteiger partial charge in [-0.1, -0.05) is 33.1 Å². The number of nitrogens with one attached hydrogen (secondary N) is 7. The molecule has 6 aromatic rings. The Morgan fingerprint density at radius 1 is 0.376 bits per heavy atom. The van der Waals surface area contributed by atoms with Crippen molar-refractivity contribution in [3.05, 3.63) is 176 Å². The Labute approximate surface area is 744 Å². The van der Waals surface area contributed by atoms with Gasteiger partial charge in [-0.15, -0.1) is 0 Å². The molecular formula is C85H88F15N11O22. The molecule has 3 unspecified atom stereocenters. The predicted octanol–water partition coefficient (Wildman–Crippen LogP) is 5.38. The second kappa shape index (κ2) is 43.1. The van der Waals surface area contributed by atoms with Gasteiger partial charge in [0.25, 0.3) is 17.7 Å². The van der Waals surface area contributed by atoms with E-state index in [4.69, 9.17) is 18.9 Å². The lowest BCUT2D eigenvalue weighted by molar-refractivity contribution is -0.183. The number of hydrogen-bond acceptors (Lipinski definition) is 25. The van der Waals surface area contributed by atoms with Gasteiger partial charge >= 0.3 is 23.9 Å². The Kier molecular flexibility index (Phi) is 33.1. The van der Waals surface area contributed by atoms with E-state index in [0.29, 0.717) is 44.9 Å². The minimum absolute atomic E-state index is 0.345. The normalized spacial score (nSPS) is 26.7. The number of carbonyl (C=O) groups excluding carboxylic acids is 12. The van der Waals surface area contributed by atoms with Crippen molar-refractivity contribution in [3.8, 4) is 17.2 Å². The van der Waals surface area contributed by atoms with Crippen molar-refractivity contribution in [3.63, 3.8) is 0 Å². The first-order valence-electron chi connectivity index (χ1n) is 41.3. The van der Waals surface area contributed by atoms with Crippen LogP contribution in [0, 0.1) is 123 Å². The maximum Gasteiger partial charge on any atom is 0.348 e. The number of aromatic nitrogens is 3.